The number of nitro groups is 1. The summed E-state index contributed by atoms with van der Waals surface area (Å²) in [5.74, 6) is 0.808. The van der Waals surface area contributed by atoms with Crippen LogP contribution in [0.4, 0.5) is 5.69 Å². The molecule has 104 valence electrons. The Morgan fingerprint density at radius 2 is 1.95 bits per heavy atom. The van der Waals surface area contributed by atoms with Crippen molar-refractivity contribution in [2.24, 2.45) is 5.92 Å². The van der Waals surface area contributed by atoms with E-state index in [4.69, 9.17) is 0 Å². The second-order valence-electron chi connectivity index (χ2n) is 5.40. The van der Waals surface area contributed by atoms with Crippen molar-refractivity contribution in [2.45, 2.75) is 44.6 Å². The Kier molecular flexibility index (Phi) is 4.91. The summed E-state index contributed by atoms with van der Waals surface area (Å²) in [5, 5.41) is 14.0. The number of nitrogens with zero attached hydrogens (tertiary/aromatic N) is 1. The van der Waals surface area contributed by atoms with Gasteiger partial charge in [-0.25, -0.2) is 0 Å². The molecule has 0 amide bonds. The molecule has 1 aromatic carbocycles. The maximum Gasteiger partial charge on any atom is 0.269 e. The highest BCUT2D eigenvalue weighted by molar-refractivity contribution is 5.32. The molecule has 1 aromatic rings. The number of benzene rings is 1. The van der Waals surface area contributed by atoms with Crippen LogP contribution in [-0.2, 0) is 6.42 Å². The van der Waals surface area contributed by atoms with E-state index < -0.39 is 0 Å². The van der Waals surface area contributed by atoms with Gasteiger partial charge < -0.3 is 5.32 Å². The van der Waals surface area contributed by atoms with Crippen LogP contribution in [0.5, 0.6) is 0 Å². The lowest BCUT2D eigenvalue weighted by Gasteiger charge is -2.22. The Labute approximate surface area is 114 Å². The highest BCUT2D eigenvalue weighted by Gasteiger charge is 2.23. The van der Waals surface area contributed by atoms with Crippen LogP contribution in [-0.4, -0.2) is 18.0 Å². The fourth-order valence-corrected chi connectivity index (χ4v) is 3.08. The van der Waals surface area contributed by atoms with Crippen molar-refractivity contribution in [1.82, 2.24) is 5.32 Å². The van der Waals surface area contributed by atoms with E-state index in [2.05, 4.69) is 5.32 Å². The van der Waals surface area contributed by atoms with Gasteiger partial charge in [-0.1, -0.05) is 25.0 Å². The van der Waals surface area contributed by atoms with Crippen molar-refractivity contribution in [1.29, 1.82) is 0 Å². The van der Waals surface area contributed by atoms with Gasteiger partial charge in [0.25, 0.3) is 5.69 Å². The smallest absolute Gasteiger partial charge is 0.269 e. The summed E-state index contributed by atoms with van der Waals surface area (Å²) in [4.78, 5) is 10.2. The average molecular weight is 262 g/mol. The van der Waals surface area contributed by atoms with Crippen molar-refractivity contribution in [3.63, 3.8) is 0 Å². The maximum atomic E-state index is 10.6. The number of aryl methyl sites for hydroxylation is 1. The third kappa shape index (κ3) is 3.77. The minimum Gasteiger partial charge on any atom is -0.317 e. The van der Waals surface area contributed by atoms with E-state index >= 15 is 0 Å². The number of nitrogens with one attached hydrogen (secondary N) is 1. The second-order valence-corrected chi connectivity index (χ2v) is 5.40. The largest absolute Gasteiger partial charge is 0.317 e. The molecule has 1 fully saturated rings. The third-order valence-electron chi connectivity index (χ3n) is 4.23. The second kappa shape index (κ2) is 6.66. The van der Waals surface area contributed by atoms with E-state index in [-0.39, 0.29) is 10.6 Å². The first-order chi connectivity index (χ1) is 9.20. The summed E-state index contributed by atoms with van der Waals surface area (Å²) in [6, 6.07) is 7.52. The lowest BCUT2D eigenvalue weighted by Crippen LogP contribution is -2.32. The minimum absolute atomic E-state index is 0.171. The molecule has 0 heterocycles. The number of hydrogen-bond acceptors (Lipinski definition) is 3. The molecule has 1 N–H and O–H groups in total. The minimum atomic E-state index is -0.349. The van der Waals surface area contributed by atoms with Gasteiger partial charge in [-0.3, -0.25) is 10.1 Å². The van der Waals surface area contributed by atoms with Gasteiger partial charge in [0.2, 0.25) is 0 Å². The highest BCUT2D eigenvalue weighted by atomic mass is 16.6. The van der Waals surface area contributed by atoms with Crippen LogP contribution in [0.25, 0.3) is 0 Å². The van der Waals surface area contributed by atoms with Crippen LogP contribution in [0.15, 0.2) is 24.3 Å². The first-order valence-corrected chi connectivity index (χ1v) is 7.11. The van der Waals surface area contributed by atoms with E-state index in [1.807, 2.05) is 19.2 Å². The Bertz CT molecular complexity index is 411. The first kappa shape index (κ1) is 14.0. The molecule has 2 rings (SSSR count). The number of non-ortho nitro benzene ring substituents is 1. The van der Waals surface area contributed by atoms with Gasteiger partial charge in [0.1, 0.15) is 0 Å². The first-order valence-electron chi connectivity index (χ1n) is 7.11. The lowest BCUT2D eigenvalue weighted by atomic mass is 9.92. The van der Waals surface area contributed by atoms with E-state index in [1.54, 1.807) is 12.1 Å². The standard InChI is InChI=1S/C15H22N2O2/c1-16-15(13-4-2-3-5-13)11-8-12-6-9-14(10-7-12)17(18)19/h6-7,9-10,13,15-16H,2-5,8,11H2,1H3. The molecule has 19 heavy (non-hydrogen) atoms. The van der Waals surface area contributed by atoms with E-state index in [0.29, 0.717) is 6.04 Å². The van der Waals surface area contributed by atoms with E-state index in [9.17, 15) is 10.1 Å². The zero-order valence-electron chi connectivity index (χ0n) is 11.5. The van der Waals surface area contributed by atoms with Crippen molar-refractivity contribution in [2.75, 3.05) is 7.05 Å². The summed E-state index contributed by atoms with van der Waals surface area (Å²) in [7, 11) is 2.04. The van der Waals surface area contributed by atoms with Crippen molar-refractivity contribution < 1.29 is 4.92 Å². The average Bonchev–Trinajstić information content (AvgIpc) is 2.94. The van der Waals surface area contributed by atoms with Crippen molar-refractivity contribution in [3.05, 3.63) is 39.9 Å². The van der Waals surface area contributed by atoms with Gasteiger partial charge in [0, 0.05) is 18.2 Å². The van der Waals surface area contributed by atoms with Gasteiger partial charge >= 0.3 is 0 Å². The van der Waals surface area contributed by atoms with Gasteiger partial charge in [-0.15, -0.1) is 0 Å². The lowest BCUT2D eigenvalue weighted by molar-refractivity contribution is -0.384. The molecule has 1 aliphatic carbocycles. The Morgan fingerprint density at radius 3 is 2.47 bits per heavy atom. The van der Waals surface area contributed by atoms with Crippen molar-refractivity contribution in [3.8, 4) is 0 Å². The normalized spacial score (nSPS) is 17.5. The van der Waals surface area contributed by atoms with Crippen LogP contribution in [0, 0.1) is 16.0 Å². The zero-order valence-corrected chi connectivity index (χ0v) is 11.5. The summed E-state index contributed by atoms with van der Waals surface area (Å²) in [6.07, 6.45) is 7.50. The molecule has 4 nitrogen and oxygen atoms in total. The molecular formula is C15H22N2O2. The van der Waals surface area contributed by atoms with E-state index in [1.165, 1.54) is 31.2 Å². The Hall–Kier alpha value is -1.42. The summed E-state index contributed by atoms with van der Waals surface area (Å²) in [5.41, 5.74) is 1.36. The molecule has 0 spiro atoms. The molecule has 1 atom stereocenters. The van der Waals surface area contributed by atoms with Gasteiger partial charge in [-0.05, 0) is 44.2 Å². The number of hydrogen-bond donors (Lipinski definition) is 1. The Balaban J connectivity index is 1.88. The molecule has 0 bridgehead atoms. The number of nitro benzene ring substituents is 1. The molecule has 4 heteroatoms. The molecule has 1 unspecified atom stereocenters. The predicted molar refractivity (Wildman–Crippen MR) is 76.2 cm³/mol. The van der Waals surface area contributed by atoms with Gasteiger partial charge in [0.05, 0.1) is 4.92 Å². The summed E-state index contributed by atoms with van der Waals surface area (Å²) < 4.78 is 0. The monoisotopic (exact) mass is 262 g/mol. The van der Waals surface area contributed by atoms with Crippen LogP contribution in [0.3, 0.4) is 0 Å². The molecule has 1 aliphatic rings. The Morgan fingerprint density at radius 1 is 1.32 bits per heavy atom. The molecule has 0 radical (unpaired) electrons. The topological polar surface area (TPSA) is 55.2 Å². The fourth-order valence-electron chi connectivity index (χ4n) is 3.08. The molecule has 0 saturated heterocycles. The molecular weight excluding hydrogens is 240 g/mol. The summed E-state index contributed by atoms with van der Waals surface area (Å²) >= 11 is 0. The number of rotatable bonds is 6. The van der Waals surface area contributed by atoms with Crippen LogP contribution >= 0.6 is 0 Å². The maximum absolute atomic E-state index is 10.6. The van der Waals surface area contributed by atoms with E-state index in [0.717, 1.165) is 18.8 Å². The van der Waals surface area contributed by atoms with Crippen LogP contribution in [0.2, 0.25) is 0 Å². The van der Waals surface area contributed by atoms with Crippen molar-refractivity contribution >= 4 is 5.69 Å². The molecule has 0 aromatic heterocycles. The zero-order chi connectivity index (χ0) is 13.7. The van der Waals surface area contributed by atoms with Crippen LogP contribution < -0.4 is 5.32 Å². The summed E-state index contributed by atoms with van der Waals surface area (Å²) in [6.45, 7) is 0. The SMILES string of the molecule is CNC(CCc1ccc([N+](=O)[O-])cc1)C1CCCC1. The fraction of sp³-hybridized carbons (Fsp3) is 0.600. The van der Waals surface area contributed by atoms with Gasteiger partial charge in [-0.2, -0.15) is 0 Å². The predicted octanol–water partition coefficient (Wildman–Crippen LogP) is 3.31. The molecule has 0 aliphatic heterocycles. The molecule has 1 saturated carbocycles. The van der Waals surface area contributed by atoms with Gasteiger partial charge in [0.15, 0.2) is 0 Å². The van der Waals surface area contributed by atoms with Crippen LogP contribution in [0.1, 0.15) is 37.7 Å². The highest BCUT2D eigenvalue weighted by Crippen LogP contribution is 2.29. The quantitative estimate of drug-likeness (QED) is 0.632. The third-order valence-corrected chi connectivity index (χ3v) is 4.23.